The van der Waals surface area contributed by atoms with Gasteiger partial charge in [-0.05, 0) is 30.2 Å². The molecule has 2 aromatic rings. The molecule has 0 aliphatic carbocycles. The number of nitrogens with zero attached hydrogens (tertiary/aromatic N) is 4. The van der Waals surface area contributed by atoms with Crippen LogP contribution in [0.4, 0.5) is 11.5 Å². The summed E-state index contributed by atoms with van der Waals surface area (Å²) in [5, 5.41) is 0. The van der Waals surface area contributed by atoms with Gasteiger partial charge in [0, 0.05) is 51.5 Å². The van der Waals surface area contributed by atoms with E-state index in [9.17, 15) is 9.59 Å². The van der Waals surface area contributed by atoms with E-state index in [1.807, 2.05) is 18.2 Å². The zero-order valence-electron chi connectivity index (χ0n) is 14.9. The van der Waals surface area contributed by atoms with Crippen LogP contribution in [0.25, 0.3) is 0 Å². The van der Waals surface area contributed by atoms with Crippen molar-refractivity contribution < 1.29 is 9.59 Å². The molecular weight excluding hydrogens is 328 g/mol. The number of para-hydroxylation sites is 1. The third kappa shape index (κ3) is 3.03. The Balaban J connectivity index is 1.45. The Morgan fingerprint density at radius 1 is 0.923 bits per heavy atom. The van der Waals surface area contributed by atoms with Crippen LogP contribution < -0.4 is 4.90 Å². The van der Waals surface area contributed by atoms with Crippen LogP contribution in [0.3, 0.4) is 0 Å². The fourth-order valence-electron chi connectivity index (χ4n) is 3.66. The summed E-state index contributed by atoms with van der Waals surface area (Å²) < 4.78 is 0. The zero-order chi connectivity index (χ0) is 18.1. The summed E-state index contributed by atoms with van der Waals surface area (Å²) in [7, 11) is 0. The maximum absolute atomic E-state index is 12.7. The quantitative estimate of drug-likeness (QED) is 0.832. The van der Waals surface area contributed by atoms with E-state index >= 15 is 0 Å². The first-order valence-corrected chi connectivity index (χ1v) is 9.00. The van der Waals surface area contributed by atoms with E-state index in [1.165, 1.54) is 11.3 Å². The average molecular weight is 350 g/mol. The van der Waals surface area contributed by atoms with Gasteiger partial charge in [-0.25, -0.2) is 4.98 Å². The highest BCUT2D eigenvalue weighted by Crippen LogP contribution is 2.33. The van der Waals surface area contributed by atoms with E-state index in [0.29, 0.717) is 31.7 Å². The van der Waals surface area contributed by atoms with Crippen LogP contribution in [0.5, 0.6) is 0 Å². The summed E-state index contributed by atoms with van der Waals surface area (Å²) in [5.41, 5.74) is 3.12. The van der Waals surface area contributed by atoms with Crippen molar-refractivity contribution in [3.8, 4) is 0 Å². The highest BCUT2D eigenvalue weighted by Gasteiger charge is 2.24. The predicted octanol–water partition coefficient (Wildman–Crippen LogP) is 2.08. The lowest BCUT2D eigenvalue weighted by Gasteiger charge is -2.34. The minimum atomic E-state index is -0.0194. The number of fused-ring (bicyclic) bond motifs is 1. The molecule has 0 spiro atoms. The number of carbonyl (C=O) groups is 2. The van der Waals surface area contributed by atoms with Gasteiger partial charge in [0.2, 0.25) is 5.91 Å². The van der Waals surface area contributed by atoms with Crippen LogP contribution in [0.15, 0.2) is 42.6 Å². The van der Waals surface area contributed by atoms with Crippen LogP contribution in [0.2, 0.25) is 0 Å². The number of aromatic nitrogens is 1. The molecule has 3 heterocycles. The summed E-state index contributed by atoms with van der Waals surface area (Å²) in [6.45, 7) is 4.80. The van der Waals surface area contributed by atoms with E-state index in [-0.39, 0.29) is 11.8 Å². The van der Waals surface area contributed by atoms with Gasteiger partial charge in [0.1, 0.15) is 5.82 Å². The first-order valence-electron chi connectivity index (χ1n) is 9.00. The van der Waals surface area contributed by atoms with E-state index < -0.39 is 0 Å². The molecule has 4 rings (SSSR count). The Labute approximate surface area is 153 Å². The molecule has 134 valence electrons. The molecule has 1 aromatic heterocycles. The zero-order valence-corrected chi connectivity index (χ0v) is 14.9. The highest BCUT2D eigenvalue weighted by molar-refractivity contribution is 5.94. The van der Waals surface area contributed by atoms with Crippen molar-refractivity contribution in [1.29, 1.82) is 0 Å². The van der Waals surface area contributed by atoms with Crippen molar-refractivity contribution >= 4 is 23.3 Å². The lowest BCUT2D eigenvalue weighted by Crippen LogP contribution is -2.50. The van der Waals surface area contributed by atoms with Gasteiger partial charge in [0.15, 0.2) is 0 Å². The van der Waals surface area contributed by atoms with Gasteiger partial charge >= 0.3 is 0 Å². The highest BCUT2D eigenvalue weighted by atomic mass is 16.2. The largest absolute Gasteiger partial charge is 0.339 e. The van der Waals surface area contributed by atoms with Crippen LogP contribution in [-0.4, -0.2) is 59.3 Å². The predicted molar refractivity (Wildman–Crippen MR) is 99.5 cm³/mol. The summed E-state index contributed by atoms with van der Waals surface area (Å²) >= 11 is 0. The third-order valence-corrected chi connectivity index (χ3v) is 5.17. The van der Waals surface area contributed by atoms with E-state index in [1.54, 1.807) is 22.9 Å². The second kappa shape index (κ2) is 6.78. The number of hydrogen-bond acceptors (Lipinski definition) is 4. The third-order valence-electron chi connectivity index (χ3n) is 5.17. The first-order chi connectivity index (χ1) is 12.6. The summed E-state index contributed by atoms with van der Waals surface area (Å²) in [6.07, 6.45) is 2.68. The molecule has 0 radical (unpaired) electrons. The SMILES string of the molecule is CC(=O)N1CCN(C(=O)c2ccc(N3CCc4ccccc43)nc2)CC1. The Hall–Kier alpha value is -2.89. The van der Waals surface area contributed by atoms with Gasteiger partial charge in [-0.2, -0.15) is 0 Å². The topological polar surface area (TPSA) is 56.8 Å². The smallest absolute Gasteiger partial charge is 0.255 e. The Kier molecular flexibility index (Phi) is 4.32. The fraction of sp³-hybridized carbons (Fsp3) is 0.350. The van der Waals surface area contributed by atoms with Gasteiger partial charge in [-0.15, -0.1) is 0 Å². The molecule has 0 bridgehead atoms. The van der Waals surface area contributed by atoms with Crippen molar-refractivity contribution in [2.24, 2.45) is 0 Å². The standard InChI is InChI=1S/C20H22N4O2/c1-15(25)22-10-12-23(13-11-22)20(26)17-6-7-19(21-14-17)24-9-8-16-4-2-3-5-18(16)24/h2-7,14H,8-13H2,1H3. The van der Waals surface area contributed by atoms with Crippen molar-refractivity contribution in [2.75, 3.05) is 37.6 Å². The number of piperazine rings is 1. The molecule has 26 heavy (non-hydrogen) atoms. The average Bonchev–Trinajstić information content (AvgIpc) is 3.12. The molecule has 0 atom stereocenters. The molecule has 0 unspecified atom stereocenters. The van der Waals surface area contributed by atoms with Gasteiger partial charge < -0.3 is 14.7 Å². The molecule has 0 saturated carbocycles. The van der Waals surface area contributed by atoms with E-state index in [2.05, 4.69) is 28.1 Å². The number of anilines is 2. The molecule has 2 aliphatic rings. The number of amides is 2. The molecule has 6 nitrogen and oxygen atoms in total. The van der Waals surface area contributed by atoms with Crippen LogP contribution in [0, 0.1) is 0 Å². The van der Waals surface area contributed by atoms with Crippen molar-refractivity contribution in [3.05, 3.63) is 53.7 Å². The molecule has 1 aromatic carbocycles. The van der Waals surface area contributed by atoms with Crippen molar-refractivity contribution in [2.45, 2.75) is 13.3 Å². The normalized spacial score (nSPS) is 16.6. The lowest BCUT2D eigenvalue weighted by atomic mass is 10.2. The monoisotopic (exact) mass is 350 g/mol. The first kappa shape index (κ1) is 16.6. The Bertz CT molecular complexity index is 826. The summed E-state index contributed by atoms with van der Waals surface area (Å²) in [5.74, 6) is 0.913. The Morgan fingerprint density at radius 2 is 1.65 bits per heavy atom. The van der Waals surface area contributed by atoms with Gasteiger partial charge in [-0.1, -0.05) is 18.2 Å². The van der Waals surface area contributed by atoms with Crippen molar-refractivity contribution in [3.63, 3.8) is 0 Å². The van der Waals surface area contributed by atoms with Crippen molar-refractivity contribution in [1.82, 2.24) is 14.8 Å². The van der Waals surface area contributed by atoms with Gasteiger partial charge in [-0.3, -0.25) is 9.59 Å². The Morgan fingerprint density at radius 3 is 2.35 bits per heavy atom. The summed E-state index contributed by atoms with van der Waals surface area (Å²) in [4.78, 5) is 34.4. The second-order valence-electron chi connectivity index (χ2n) is 6.73. The van der Waals surface area contributed by atoms with Crippen LogP contribution in [0.1, 0.15) is 22.8 Å². The molecule has 6 heteroatoms. The van der Waals surface area contributed by atoms with Gasteiger partial charge in [0.05, 0.1) is 5.56 Å². The molecule has 1 saturated heterocycles. The maximum atomic E-state index is 12.7. The number of hydrogen-bond donors (Lipinski definition) is 0. The van der Waals surface area contributed by atoms with Crippen LogP contribution >= 0.6 is 0 Å². The van der Waals surface area contributed by atoms with Crippen LogP contribution in [-0.2, 0) is 11.2 Å². The van der Waals surface area contributed by atoms with E-state index in [4.69, 9.17) is 0 Å². The second-order valence-corrected chi connectivity index (χ2v) is 6.73. The fourth-order valence-corrected chi connectivity index (χ4v) is 3.66. The molecular formula is C20H22N4O2. The minimum absolute atomic E-state index is 0.0194. The van der Waals surface area contributed by atoms with E-state index in [0.717, 1.165) is 18.8 Å². The molecule has 0 N–H and O–H groups in total. The maximum Gasteiger partial charge on any atom is 0.255 e. The number of pyridine rings is 1. The molecule has 1 fully saturated rings. The number of carbonyl (C=O) groups excluding carboxylic acids is 2. The molecule has 2 aliphatic heterocycles. The lowest BCUT2D eigenvalue weighted by molar-refractivity contribution is -0.130. The molecule has 2 amide bonds. The summed E-state index contributed by atoms with van der Waals surface area (Å²) in [6, 6.07) is 12.1. The van der Waals surface area contributed by atoms with Gasteiger partial charge in [0.25, 0.3) is 5.91 Å². The number of rotatable bonds is 2. The number of benzene rings is 1. The minimum Gasteiger partial charge on any atom is -0.339 e.